The van der Waals surface area contributed by atoms with Gasteiger partial charge >= 0.3 is 0 Å². The third-order valence-corrected chi connectivity index (χ3v) is 10.5. The van der Waals surface area contributed by atoms with Crippen LogP contribution in [0.3, 0.4) is 0 Å². The van der Waals surface area contributed by atoms with Gasteiger partial charge in [0.05, 0.1) is 6.85 Å². The Morgan fingerprint density at radius 1 is 0.353 bits per heavy atom. The van der Waals surface area contributed by atoms with Crippen LogP contribution in [0.15, 0.2) is 186 Å². The summed E-state index contributed by atoms with van der Waals surface area (Å²) < 4.78 is 48.1. The number of benzene rings is 10. The summed E-state index contributed by atoms with van der Waals surface area (Å²) in [5.41, 5.74) is 6.88. The normalized spacial score (nSPS) is 13.3. The number of hydrogen-bond acceptors (Lipinski definition) is 1. The Balaban J connectivity index is 1.17. The van der Waals surface area contributed by atoms with Crippen molar-refractivity contribution >= 4 is 75.8 Å². The van der Waals surface area contributed by atoms with Crippen LogP contribution < -0.4 is 0 Å². The molecule has 0 bridgehead atoms. The van der Waals surface area contributed by atoms with Crippen LogP contribution in [0.5, 0.6) is 0 Å². The SMILES string of the molecule is [2H]c1c([2H])c([2H])c(-c2ccc3cc4c(cc3c2)oc2cccc(-c3c5ccccc5c(-c5cccc6c5ccc5ccccc56)c5ccccc35)c24)c([2H])c1[2H]. The molecule has 11 aromatic rings. The minimum absolute atomic E-state index is 0.184. The molecule has 0 radical (unpaired) electrons. The molecule has 0 amide bonds. The molecule has 0 aliphatic heterocycles. The fraction of sp³-hybridized carbons (Fsp3) is 0. The Bertz CT molecular complexity index is 3400. The first-order valence-corrected chi connectivity index (χ1v) is 17.2. The quantitative estimate of drug-likeness (QED) is 0.137. The molecule has 236 valence electrons. The molecule has 1 heterocycles. The maximum absolute atomic E-state index is 8.54. The summed E-state index contributed by atoms with van der Waals surface area (Å²) in [4.78, 5) is 0. The van der Waals surface area contributed by atoms with E-state index in [1.54, 1.807) is 0 Å². The second-order valence-corrected chi connectivity index (χ2v) is 13.2. The largest absolute Gasteiger partial charge is 0.456 e. The molecular weight excluding hydrogens is 617 g/mol. The van der Waals surface area contributed by atoms with Gasteiger partial charge in [-0.25, -0.2) is 0 Å². The van der Waals surface area contributed by atoms with E-state index in [2.05, 4.69) is 121 Å². The summed E-state index contributed by atoms with van der Waals surface area (Å²) >= 11 is 0. The zero-order chi connectivity index (χ0) is 37.8. The zero-order valence-corrected chi connectivity index (χ0v) is 27.3. The zero-order valence-electron chi connectivity index (χ0n) is 32.3. The van der Waals surface area contributed by atoms with E-state index in [1.807, 2.05) is 30.3 Å². The lowest BCUT2D eigenvalue weighted by molar-refractivity contribution is 0.669. The molecule has 0 fully saturated rings. The molecule has 10 aromatic carbocycles. The molecule has 1 nitrogen and oxygen atoms in total. The summed E-state index contributed by atoms with van der Waals surface area (Å²) in [6.45, 7) is 0. The van der Waals surface area contributed by atoms with Crippen LogP contribution in [0, 0.1) is 0 Å². The van der Waals surface area contributed by atoms with Crippen molar-refractivity contribution in [2.45, 2.75) is 0 Å². The molecule has 0 saturated heterocycles. The number of hydrogen-bond donors (Lipinski definition) is 0. The molecule has 51 heavy (non-hydrogen) atoms. The Labute approximate surface area is 301 Å². The maximum Gasteiger partial charge on any atom is 0.136 e. The van der Waals surface area contributed by atoms with Gasteiger partial charge in [-0.3, -0.25) is 0 Å². The Hall–Kier alpha value is -6.70. The van der Waals surface area contributed by atoms with E-state index < -0.39 is 6.04 Å². The highest BCUT2D eigenvalue weighted by atomic mass is 16.3. The first kappa shape index (κ1) is 23.6. The van der Waals surface area contributed by atoms with Gasteiger partial charge in [0.1, 0.15) is 11.2 Å². The van der Waals surface area contributed by atoms with Crippen molar-refractivity contribution < 1.29 is 11.3 Å². The monoisotopic (exact) mass is 651 g/mol. The van der Waals surface area contributed by atoms with E-state index in [1.165, 1.54) is 43.4 Å². The van der Waals surface area contributed by atoms with E-state index >= 15 is 0 Å². The highest BCUT2D eigenvalue weighted by Gasteiger charge is 2.21. The van der Waals surface area contributed by atoms with Crippen LogP contribution in [-0.4, -0.2) is 0 Å². The first-order valence-electron chi connectivity index (χ1n) is 19.7. The van der Waals surface area contributed by atoms with Crippen LogP contribution in [-0.2, 0) is 0 Å². The molecule has 0 spiro atoms. The van der Waals surface area contributed by atoms with Gasteiger partial charge < -0.3 is 4.42 Å². The fourth-order valence-electron chi connectivity index (χ4n) is 8.29. The molecule has 11 rings (SSSR count). The predicted molar refractivity (Wildman–Crippen MR) is 218 cm³/mol. The summed E-state index contributed by atoms with van der Waals surface area (Å²) in [7, 11) is 0. The summed E-state index contributed by atoms with van der Waals surface area (Å²) in [5, 5.41) is 13.4. The summed E-state index contributed by atoms with van der Waals surface area (Å²) in [6, 6.07) is 51.7. The lowest BCUT2D eigenvalue weighted by Crippen LogP contribution is -1.92. The molecule has 0 aliphatic rings. The molecule has 1 aromatic heterocycles. The first-order chi connectivity index (χ1) is 27.4. The van der Waals surface area contributed by atoms with E-state index in [4.69, 9.17) is 11.3 Å². The standard InChI is InChI=1S/C50H30O/c1-2-12-31(13-3-1)33-24-25-34-29-45-47(30-35(34)28-33)51-46-23-11-22-44(50(45)46)49-42-18-8-6-16-40(42)48(41-17-7-9-19-43(41)49)39-21-10-20-37-36-15-5-4-14-32(36)26-27-38(37)39/h1-30H/i1D,2D,3D,12D,13D. The van der Waals surface area contributed by atoms with Crippen LogP contribution in [0.2, 0.25) is 0 Å². The number of fused-ring (bicyclic) bond motifs is 9. The van der Waals surface area contributed by atoms with Gasteiger partial charge in [0, 0.05) is 10.8 Å². The van der Waals surface area contributed by atoms with Crippen molar-refractivity contribution in [3.8, 4) is 33.4 Å². The molecule has 0 saturated carbocycles. The van der Waals surface area contributed by atoms with Crippen LogP contribution in [0.25, 0.3) is 109 Å². The van der Waals surface area contributed by atoms with Gasteiger partial charge in [-0.05, 0) is 112 Å². The lowest BCUT2D eigenvalue weighted by atomic mass is 9.83. The molecule has 0 atom stereocenters. The second-order valence-electron chi connectivity index (χ2n) is 13.2. The van der Waals surface area contributed by atoms with Crippen molar-refractivity contribution in [2.75, 3.05) is 0 Å². The topological polar surface area (TPSA) is 13.1 Å². The van der Waals surface area contributed by atoms with Gasteiger partial charge in [0.15, 0.2) is 0 Å². The highest BCUT2D eigenvalue weighted by Crippen LogP contribution is 2.48. The molecular formula is C50H30O. The average Bonchev–Trinajstić information content (AvgIpc) is 3.60. The second kappa shape index (κ2) is 10.9. The van der Waals surface area contributed by atoms with Crippen molar-refractivity contribution in [1.29, 1.82) is 0 Å². The summed E-state index contributed by atoms with van der Waals surface area (Å²) in [5.74, 6) is 0. The predicted octanol–water partition coefficient (Wildman–Crippen LogP) is 14.4. The van der Waals surface area contributed by atoms with Crippen molar-refractivity contribution in [2.24, 2.45) is 0 Å². The maximum atomic E-state index is 8.54. The third-order valence-electron chi connectivity index (χ3n) is 10.5. The highest BCUT2D eigenvalue weighted by molar-refractivity contribution is 6.28. The van der Waals surface area contributed by atoms with Crippen LogP contribution >= 0.6 is 0 Å². The molecule has 1 heteroatoms. The van der Waals surface area contributed by atoms with Gasteiger partial charge in [0.25, 0.3) is 0 Å². The van der Waals surface area contributed by atoms with E-state index in [9.17, 15) is 0 Å². The smallest absolute Gasteiger partial charge is 0.136 e. The van der Waals surface area contributed by atoms with Crippen LogP contribution in [0.4, 0.5) is 0 Å². The van der Waals surface area contributed by atoms with Crippen molar-refractivity contribution in [3.63, 3.8) is 0 Å². The van der Waals surface area contributed by atoms with Crippen molar-refractivity contribution in [1.82, 2.24) is 0 Å². The van der Waals surface area contributed by atoms with Crippen LogP contribution in [0.1, 0.15) is 6.85 Å². The lowest BCUT2D eigenvalue weighted by Gasteiger charge is -2.19. The molecule has 0 N–H and O–H groups in total. The number of furan rings is 1. The molecule has 0 aliphatic carbocycles. The van der Waals surface area contributed by atoms with Gasteiger partial charge in [-0.1, -0.05) is 158 Å². The van der Waals surface area contributed by atoms with E-state index in [0.29, 0.717) is 11.1 Å². The third kappa shape index (κ3) is 4.22. The number of rotatable bonds is 3. The van der Waals surface area contributed by atoms with Gasteiger partial charge in [0.2, 0.25) is 0 Å². The van der Waals surface area contributed by atoms with Gasteiger partial charge in [-0.15, -0.1) is 0 Å². The minimum Gasteiger partial charge on any atom is -0.456 e. The Morgan fingerprint density at radius 3 is 1.75 bits per heavy atom. The Morgan fingerprint density at radius 2 is 0.980 bits per heavy atom. The molecule has 0 unspecified atom stereocenters. The minimum atomic E-state index is -0.401. The average molecular weight is 652 g/mol. The fourth-order valence-corrected chi connectivity index (χ4v) is 8.29. The van der Waals surface area contributed by atoms with Gasteiger partial charge in [-0.2, -0.15) is 0 Å². The van der Waals surface area contributed by atoms with E-state index in [-0.39, 0.29) is 29.7 Å². The summed E-state index contributed by atoms with van der Waals surface area (Å²) in [6.07, 6.45) is 0. The Kier molecular flexibility index (Phi) is 5.05. The van der Waals surface area contributed by atoms with Crippen molar-refractivity contribution in [3.05, 3.63) is 182 Å². The van der Waals surface area contributed by atoms with E-state index in [0.717, 1.165) is 49.0 Å².